The fourth-order valence-electron chi connectivity index (χ4n) is 1.09. The summed E-state index contributed by atoms with van der Waals surface area (Å²) in [5.74, 6) is 0. The molecule has 0 bridgehead atoms. The summed E-state index contributed by atoms with van der Waals surface area (Å²) >= 11 is 2.45. The van der Waals surface area contributed by atoms with Gasteiger partial charge in [-0.05, 0) is 12.8 Å². The first-order valence-corrected chi connectivity index (χ1v) is 7.61. The van der Waals surface area contributed by atoms with Crippen LogP contribution < -0.4 is 0 Å². The Bertz CT molecular complexity index is 122. The molecule has 0 N–H and O–H groups in total. The largest absolute Gasteiger partial charge is 0.500 e. The number of hydrogen-bond acceptors (Lipinski definition) is 3. The van der Waals surface area contributed by atoms with Crippen molar-refractivity contribution in [3.8, 4) is 0 Å². The lowest BCUT2D eigenvalue weighted by Crippen LogP contribution is -2.43. The molecule has 0 aliphatic heterocycles. The van der Waals surface area contributed by atoms with E-state index in [-0.39, 0.29) is 0 Å². The molecule has 0 saturated heterocycles. The second-order valence-electron chi connectivity index (χ2n) is 2.84. The minimum Gasteiger partial charge on any atom is -0.377 e. The van der Waals surface area contributed by atoms with Crippen LogP contribution in [-0.4, -0.2) is 34.1 Å². The first-order chi connectivity index (χ1) is 6.14. The van der Waals surface area contributed by atoms with Crippen LogP contribution in [0.4, 0.5) is 0 Å². The van der Waals surface area contributed by atoms with E-state index in [0.29, 0.717) is 3.92 Å². The van der Waals surface area contributed by atoms with E-state index in [2.05, 4.69) is 29.5 Å². The molecule has 0 aliphatic carbocycles. The van der Waals surface area contributed by atoms with Crippen molar-refractivity contribution in [1.29, 1.82) is 0 Å². The number of rotatable bonds is 7. The Balaban J connectivity index is 3.95. The summed E-state index contributed by atoms with van der Waals surface area (Å²) in [6.45, 7) is 2.19. The first kappa shape index (κ1) is 13.8. The zero-order valence-corrected chi connectivity index (χ0v) is 12.0. The Morgan fingerprint density at radius 3 is 1.92 bits per heavy atom. The van der Waals surface area contributed by atoms with Gasteiger partial charge in [-0.1, -0.05) is 29.5 Å². The molecule has 0 amide bonds. The van der Waals surface area contributed by atoms with Gasteiger partial charge < -0.3 is 13.3 Å². The van der Waals surface area contributed by atoms with Crippen molar-refractivity contribution in [3.63, 3.8) is 0 Å². The molecule has 80 valence electrons. The quantitative estimate of drug-likeness (QED) is 0.410. The summed E-state index contributed by atoms with van der Waals surface area (Å²) < 4.78 is 16.7. The molecule has 0 heterocycles. The van der Waals surface area contributed by atoms with Gasteiger partial charge >= 0.3 is 8.80 Å². The second-order valence-corrected chi connectivity index (χ2v) is 7.69. The van der Waals surface area contributed by atoms with Crippen molar-refractivity contribution >= 4 is 31.4 Å². The van der Waals surface area contributed by atoms with Crippen molar-refractivity contribution in [2.24, 2.45) is 0 Å². The Hall–Kier alpha value is 0.827. The lowest BCUT2D eigenvalue weighted by molar-refractivity contribution is 0.123. The molecule has 0 aliphatic rings. The molecule has 0 saturated carbocycles. The second kappa shape index (κ2) is 7.16. The molecular weight excluding hydrogens is 299 g/mol. The third-order valence-electron chi connectivity index (χ3n) is 2.14. The van der Waals surface area contributed by atoms with Gasteiger partial charge in [0.15, 0.2) is 0 Å². The summed E-state index contributed by atoms with van der Waals surface area (Å²) in [6.07, 6.45) is 2.28. The van der Waals surface area contributed by atoms with Crippen LogP contribution in [0.25, 0.3) is 0 Å². The highest BCUT2D eigenvalue weighted by molar-refractivity contribution is 14.1. The van der Waals surface area contributed by atoms with Crippen LogP contribution in [0.15, 0.2) is 0 Å². The Labute approximate surface area is 95.6 Å². The SMILES string of the molecule is CCC(I)CC[Si](OC)(OC)OC. The molecule has 0 fully saturated rings. The third-order valence-corrected chi connectivity index (χ3v) is 6.41. The number of halogens is 1. The average Bonchev–Trinajstić information content (AvgIpc) is 2.20. The lowest BCUT2D eigenvalue weighted by atomic mass is 10.3. The van der Waals surface area contributed by atoms with Gasteiger partial charge in [-0.25, -0.2) is 0 Å². The molecule has 0 rings (SSSR count). The monoisotopic (exact) mass is 318 g/mol. The third kappa shape index (κ3) is 4.73. The molecule has 0 aromatic rings. The van der Waals surface area contributed by atoms with Crippen LogP contribution in [0.2, 0.25) is 6.04 Å². The van der Waals surface area contributed by atoms with E-state index < -0.39 is 8.80 Å². The van der Waals surface area contributed by atoms with Crippen molar-refractivity contribution in [2.45, 2.75) is 29.7 Å². The molecule has 3 nitrogen and oxygen atoms in total. The molecule has 5 heteroatoms. The van der Waals surface area contributed by atoms with E-state index in [1.165, 1.54) is 6.42 Å². The van der Waals surface area contributed by atoms with Crippen LogP contribution in [0, 0.1) is 0 Å². The maximum Gasteiger partial charge on any atom is 0.500 e. The van der Waals surface area contributed by atoms with E-state index in [9.17, 15) is 0 Å². The maximum atomic E-state index is 5.32. The highest BCUT2D eigenvalue weighted by Crippen LogP contribution is 2.21. The highest BCUT2D eigenvalue weighted by atomic mass is 127. The number of hydrogen-bond donors (Lipinski definition) is 0. The fraction of sp³-hybridized carbons (Fsp3) is 1.00. The van der Waals surface area contributed by atoms with E-state index in [1.807, 2.05) is 0 Å². The van der Waals surface area contributed by atoms with Crippen molar-refractivity contribution < 1.29 is 13.3 Å². The average molecular weight is 318 g/mol. The van der Waals surface area contributed by atoms with Gasteiger partial charge in [-0.15, -0.1) is 0 Å². The summed E-state index contributed by atoms with van der Waals surface area (Å²) in [5.41, 5.74) is 0. The Morgan fingerprint density at radius 1 is 1.15 bits per heavy atom. The highest BCUT2D eigenvalue weighted by Gasteiger charge is 2.37. The standard InChI is InChI=1S/C8H19IO3Si/c1-5-8(9)6-7-13(10-2,11-3)12-4/h8H,5-7H2,1-4H3. The van der Waals surface area contributed by atoms with Gasteiger partial charge in [0.25, 0.3) is 0 Å². The minimum absolute atomic E-state index is 0.685. The molecule has 0 aromatic heterocycles. The molecule has 0 radical (unpaired) electrons. The molecule has 13 heavy (non-hydrogen) atoms. The van der Waals surface area contributed by atoms with Gasteiger partial charge in [0.1, 0.15) is 0 Å². The van der Waals surface area contributed by atoms with Gasteiger partial charge in [-0.2, -0.15) is 0 Å². The van der Waals surface area contributed by atoms with Crippen molar-refractivity contribution in [2.75, 3.05) is 21.3 Å². The molecule has 1 unspecified atom stereocenters. The molecule has 0 aromatic carbocycles. The van der Waals surface area contributed by atoms with Gasteiger partial charge in [0.2, 0.25) is 0 Å². The van der Waals surface area contributed by atoms with E-state index in [0.717, 1.165) is 12.5 Å². The van der Waals surface area contributed by atoms with Gasteiger partial charge in [0.05, 0.1) is 0 Å². The summed E-state index contributed by atoms with van der Waals surface area (Å²) in [7, 11) is 2.68. The molecular formula is C8H19IO3Si. The van der Waals surface area contributed by atoms with Crippen LogP contribution in [0.3, 0.4) is 0 Å². The van der Waals surface area contributed by atoms with Gasteiger partial charge in [-0.3, -0.25) is 0 Å². The first-order valence-electron chi connectivity index (χ1n) is 4.43. The van der Waals surface area contributed by atoms with E-state index >= 15 is 0 Å². The zero-order valence-electron chi connectivity index (χ0n) is 8.80. The Kier molecular flexibility index (Phi) is 7.62. The lowest BCUT2D eigenvalue weighted by Gasteiger charge is -2.24. The fourth-order valence-corrected chi connectivity index (χ4v) is 3.81. The van der Waals surface area contributed by atoms with Crippen LogP contribution >= 0.6 is 22.6 Å². The Morgan fingerprint density at radius 2 is 1.62 bits per heavy atom. The summed E-state index contributed by atoms with van der Waals surface area (Å²) in [6, 6.07) is 0.901. The molecule has 1 atom stereocenters. The zero-order chi connectivity index (χ0) is 10.3. The summed E-state index contributed by atoms with van der Waals surface area (Å²) in [4.78, 5) is 0. The predicted octanol–water partition coefficient (Wildman–Crippen LogP) is 2.47. The van der Waals surface area contributed by atoms with Crippen molar-refractivity contribution in [1.82, 2.24) is 0 Å². The van der Waals surface area contributed by atoms with Gasteiger partial charge in [0, 0.05) is 31.3 Å². The normalized spacial score (nSPS) is 14.5. The number of alkyl halides is 1. The smallest absolute Gasteiger partial charge is 0.377 e. The van der Waals surface area contributed by atoms with Crippen LogP contribution in [-0.2, 0) is 13.3 Å². The summed E-state index contributed by atoms with van der Waals surface area (Å²) in [5, 5.41) is 0. The van der Waals surface area contributed by atoms with Crippen LogP contribution in [0.1, 0.15) is 19.8 Å². The predicted molar refractivity (Wildman–Crippen MR) is 64.3 cm³/mol. The topological polar surface area (TPSA) is 27.7 Å². The van der Waals surface area contributed by atoms with Crippen LogP contribution in [0.5, 0.6) is 0 Å². The van der Waals surface area contributed by atoms with E-state index in [1.54, 1.807) is 21.3 Å². The maximum absolute atomic E-state index is 5.32. The molecule has 0 spiro atoms. The van der Waals surface area contributed by atoms with E-state index in [4.69, 9.17) is 13.3 Å². The minimum atomic E-state index is -2.30. The van der Waals surface area contributed by atoms with Crippen molar-refractivity contribution in [3.05, 3.63) is 0 Å².